The van der Waals surface area contributed by atoms with Crippen LogP contribution in [0.25, 0.3) is 0 Å². The van der Waals surface area contributed by atoms with Crippen molar-refractivity contribution in [3.63, 3.8) is 0 Å². The number of hydrogen-bond donors (Lipinski definition) is 1. The molecule has 1 aliphatic heterocycles. The van der Waals surface area contributed by atoms with E-state index in [-0.39, 0.29) is 12.1 Å². The molecule has 0 saturated heterocycles. The normalized spacial score (nSPS) is 15.3. The van der Waals surface area contributed by atoms with Gasteiger partial charge in [-0.15, -0.1) is 0 Å². The molecule has 0 fully saturated rings. The number of urea groups is 1. The van der Waals surface area contributed by atoms with Crippen LogP contribution in [0.4, 0.5) is 10.5 Å². The van der Waals surface area contributed by atoms with Gasteiger partial charge in [0.25, 0.3) is 0 Å². The molecule has 4 rings (SSSR count). The van der Waals surface area contributed by atoms with E-state index in [2.05, 4.69) is 11.4 Å². The van der Waals surface area contributed by atoms with Crippen molar-refractivity contribution in [1.82, 2.24) is 4.90 Å². The number of halogens is 1. The molecule has 5 nitrogen and oxygen atoms in total. The predicted octanol–water partition coefficient (Wildman–Crippen LogP) is 5.31. The van der Waals surface area contributed by atoms with E-state index in [1.807, 2.05) is 42.5 Å². The average molecular weight is 421 g/mol. The lowest BCUT2D eigenvalue weighted by Gasteiger charge is -2.38. The number of nitrogens with zero attached hydrogens (tertiary/aromatic N) is 1. The molecule has 0 aromatic heterocycles. The molecule has 1 N–H and O–H groups in total. The number of carbonyl (C=O) groups excluding carboxylic acids is 2. The fraction of sp³-hybridized carbons (Fsp3) is 0.167. The number of rotatable bonds is 3. The van der Waals surface area contributed by atoms with Gasteiger partial charge in [0.05, 0.1) is 18.7 Å². The van der Waals surface area contributed by atoms with E-state index >= 15 is 0 Å². The zero-order valence-corrected chi connectivity index (χ0v) is 17.2. The largest absolute Gasteiger partial charge is 0.465 e. The number of fused-ring (bicyclic) bond motifs is 1. The molecule has 0 saturated carbocycles. The lowest BCUT2D eigenvalue weighted by Crippen LogP contribution is -2.43. The second kappa shape index (κ2) is 8.59. The summed E-state index contributed by atoms with van der Waals surface area (Å²) in [4.78, 5) is 26.9. The molecule has 6 heteroatoms. The number of esters is 1. The molecule has 3 aromatic carbocycles. The Bertz CT molecular complexity index is 1100. The van der Waals surface area contributed by atoms with Crippen molar-refractivity contribution >= 4 is 29.3 Å². The Labute approximate surface area is 180 Å². The van der Waals surface area contributed by atoms with Crippen molar-refractivity contribution in [1.29, 1.82) is 0 Å². The van der Waals surface area contributed by atoms with Crippen molar-refractivity contribution in [3.8, 4) is 0 Å². The maximum Gasteiger partial charge on any atom is 0.337 e. The smallest absolute Gasteiger partial charge is 0.337 e. The highest BCUT2D eigenvalue weighted by Crippen LogP contribution is 2.38. The van der Waals surface area contributed by atoms with Crippen LogP contribution in [-0.2, 0) is 11.2 Å². The molecule has 1 unspecified atom stereocenters. The van der Waals surface area contributed by atoms with Crippen molar-refractivity contribution in [3.05, 3.63) is 100 Å². The van der Waals surface area contributed by atoms with E-state index in [0.717, 1.165) is 17.5 Å². The van der Waals surface area contributed by atoms with Crippen LogP contribution in [0.1, 0.15) is 33.1 Å². The van der Waals surface area contributed by atoms with Crippen LogP contribution in [0.15, 0.2) is 72.8 Å². The Hall–Kier alpha value is -3.31. The number of nitrogens with one attached hydrogen (secondary N) is 1. The minimum Gasteiger partial charge on any atom is -0.465 e. The van der Waals surface area contributed by atoms with Crippen molar-refractivity contribution in [2.24, 2.45) is 0 Å². The molecule has 1 atom stereocenters. The molecular weight excluding hydrogens is 400 g/mol. The number of anilines is 1. The summed E-state index contributed by atoms with van der Waals surface area (Å²) in [7, 11) is 1.33. The van der Waals surface area contributed by atoms with Crippen LogP contribution in [0.3, 0.4) is 0 Å². The highest BCUT2D eigenvalue weighted by molar-refractivity contribution is 6.31. The third kappa shape index (κ3) is 3.89. The van der Waals surface area contributed by atoms with Crippen LogP contribution in [0.5, 0.6) is 0 Å². The highest BCUT2D eigenvalue weighted by Gasteiger charge is 2.33. The summed E-state index contributed by atoms with van der Waals surface area (Å²) < 4.78 is 4.76. The van der Waals surface area contributed by atoms with Gasteiger partial charge in [-0.3, -0.25) is 0 Å². The SMILES string of the molecule is COC(=O)c1cccc(NC(=O)N2CCc3ccccc3C2c2ccccc2Cl)c1. The number of methoxy groups -OCH3 is 1. The minimum absolute atomic E-state index is 0.253. The van der Waals surface area contributed by atoms with Crippen LogP contribution in [-0.4, -0.2) is 30.6 Å². The van der Waals surface area contributed by atoms with Gasteiger partial charge in [-0.2, -0.15) is 0 Å². The molecule has 2 amide bonds. The number of amides is 2. The summed E-state index contributed by atoms with van der Waals surface area (Å²) in [6.07, 6.45) is 0.757. The minimum atomic E-state index is -0.452. The lowest BCUT2D eigenvalue weighted by atomic mass is 9.88. The topological polar surface area (TPSA) is 58.6 Å². The Morgan fingerprint density at radius 3 is 2.50 bits per heavy atom. The fourth-order valence-corrected chi connectivity index (χ4v) is 4.09. The van der Waals surface area contributed by atoms with E-state index in [1.54, 1.807) is 29.2 Å². The summed E-state index contributed by atoms with van der Waals surface area (Å²) >= 11 is 6.52. The summed E-state index contributed by atoms with van der Waals surface area (Å²) in [5.74, 6) is -0.452. The highest BCUT2D eigenvalue weighted by atomic mass is 35.5. The number of ether oxygens (including phenoxy) is 1. The maximum atomic E-state index is 13.3. The molecule has 30 heavy (non-hydrogen) atoms. The van der Waals surface area contributed by atoms with Gasteiger partial charge in [0.1, 0.15) is 0 Å². The second-order valence-corrected chi connectivity index (χ2v) is 7.48. The van der Waals surface area contributed by atoms with Gasteiger partial charge >= 0.3 is 12.0 Å². The molecule has 0 spiro atoms. The van der Waals surface area contributed by atoms with Gasteiger partial charge in [0.15, 0.2) is 0 Å². The Kier molecular flexibility index (Phi) is 5.72. The van der Waals surface area contributed by atoms with E-state index in [0.29, 0.717) is 22.8 Å². The second-order valence-electron chi connectivity index (χ2n) is 7.07. The third-order valence-corrected chi connectivity index (χ3v) is 5.62. The number of carbonyl (C=O) groups is 2. The zero-order chi connectivity index (χ0) is 21.1. The van der Waals surface area contributed by atoms with Crippen LogP contribution in [0.2, 0.25) is 5.02 Å². The predicted molar refractivity (Wildman–Crippen MR) is 117 cm³/mol. The quantitative estimate of drug-likeness (QED) is 0.584. The Morgan fingerprint density at radius 2 is 1.73 bits per heavy atom. The summed E-state index contributed by atoms with van der Waals surface area (Å²) in [5, 5.41) is 3.53. The summed E-state index contributed by atoms with van der Waals surface area (Å²) in [6, 6.07) is 21.9. The van der Waals surface area contributed by atoms with Gasteiger partial charge in [-0.1, -0.05) is 60.1 Å². The van der Waals surface area contributed by atoms with Crippen LogP contribution >= 0.6 is 11.6 Å². The van der Waals surface area contributed by atoms with E-state index in [9.17, 15) is 9.59 Å². The van der Waals surface area contributed by atoms with Gasteiger partial charge in [-0.25, -0.2) is 9.59 Å². The molecule has 1 aliphatic rings. The average Bonchev–Trinajstić information content (AvgIpc) is 2.78. The van der Waals surface area contributed by atoms with Gasteiger partial charge < -0.3 is 15.0 Å². The first kappa shape index (κ1) is 20.0. The first-order valence-corrected chi connectivity index (χ1v) is 10.0. The van der Waals surface area contributed by atoms with E-state index in [4.69, 9.17) is 16.3 Å². The molecule has 0 bridgehead atoms. The summed E-state index contributed by atoms with van der Waals surface area (Å²) in [6.45, 7) is 0.551. The molecular formula is C24H21ClN2O3. The van der Waals surface area contributed by atoms with Gasteiger partial charge in [0, 0.05) is 17.3 Å². The molecule has 1 heterocycles. The standard InChI is InChI=1S/C24H21ClN2O3/c1-30-23(28)17-8-6-9-18(15-17)26-24(29)27-14-13-16-7-2-3-10-19(16)22(27)20-11-4-5-12-21(20)25/h2-12,15,22H,13-14H2,1H3,(H,26,29). The first-order valence-electron chi connectivity index (χ1n) is 9.66. The molecule has 152 valence electrons. The van der Waals surface area contributed by atoms with Crippen molar-refractivity contribution < 1.29 is 14.3 Å². The molecule has 3 aromatic rings. The summed E-state index contributed by atoms with van der Waals surface area (Å²) in [5.41, 5.74) is 4.06. The first-order chi connectivity index (χ1) is 14.6. The van der Waals surface area contributed by atoms with Crippen LogP contribution < -0.4 is 5.32 Å². The van der Waals surface area contributed by atoms with E-state index < -0.39 is 5.97 Å². The van der Waals surface area contributed by atoms with Gasteiger partial charge in [-0.05, 0) is 47.4 Å². The fourth-order valence-electron chi connectivity index (χ4n) is 3.85. The maximum absolute atomic E-state index is 13.3. The van der Waals surface area contributed by atoms with Crippen LogP contribution in [0, 0.1) is 0 Å². The lowest BCUT2D eigenvalue weighted by molar-refractivity contribution is 0.0600. The Morgan fingerprint density at radius 1 is 1.00 bits per heavy atom. The molecule has 0 radical (unpaired) electrons. The molecule has 0 aliphatic carbocycles. The van der Waals surface area contributed by atoms with E-state index in [1.165, 1.54) is 12.7 Å². The van der Waals surface area contributed by atoms with Crippen molar-refractivity contribution in [2.45, 2.75) is 12.5 Å². The monoisotopic (exact) mass is 420 g/mol. The Balaban J connectivity index is 1.68. The third-order valence-electron chi connectivity index (χ3n) is 5.28. The number of hydrogen-bond acceptors (Lipinski definition) is 3. The zero-order valence-electron chi connectivity index (χ0n) is 16.5. The van der Waals surface area contributed by atoms with Gasteiger partial charge in [0.2, 0.25) is 0 Å². The number of benzene rings is 3. The van der Waals surface area contributed by atoms with Crippen molar-refractivity contribution in [2.75, 3.05) is 19.0 Å².